The zero-order valence-electron chi connectivity index (χ0n) is 7.64. The van der Waals surface area contributed by atoms with Crippen molar-refractivity contribution < 1.29 is 4.65 Å². The summed E-state index contributed by atoms with van der Waals surface area (Å²) in [5.74, 6) is 1.70. The third kappa shape index (κ3) is 0.892. The van der Waals surface area contributed by atoms with Crippen molar-refractivity contribution in [2.24, 2.45) is 0 Å². The molecule has 1 aromatic heterocycles. The SMILES string of the molecule is Cc1nnc2n1-c1ccccc1O[B]2. The topological polar surface area (TPSA) is 39.9 Å². The smallest absolute Gasteiger partial charge is 0.453 e. The minimum Gasteiger partial charge on any atom is -0.554 e. The van der Waals surface area contributed by atoms with Gasteiger partial charge in [0, 0.05) is 0 Å². The van der Waals surface area contributed by atoms with Crippen LogP contribution in [0.4, 0.5) is 0 Å². The predicted molar refractivity (Wildman–Crippen MR) is 52.1 cm³/mol. The number of hydrogen-bond acceptors (Lipinski definition) is 3. The lowest BCUT2D eigenvalue weighted by atomic mass is 9.97. The number of hydrogen-bond donors (Lipinski definition) is 0. The number of rotatable bonds is 0. The Bertz CT molecular complexity index is 495. The number of aryl methyl sites for hydroxylation is 1. The molecular formula is C9H7BN3O. The standard InChI is InChI=1S/C9H7BN3O/c1-6-11-12-9-10-14-8-5-3-2-4-7(8)13(6)9/h2-5H,1H3. The van der Waals surface area contributed by atoms with Crippen LogP contribution in [-0.4, -0.2) is 22.2 Å². The second-order valence-electron chi connectivity index (χ2n) is 3.14. The third-order valence-corrected chi connectivity index (χ3v) is 2.25. The van der Waals surface area contributed by atoms with Gasteiger partial charge in [-0.15, -0.1) is 10.2 Å². The summed E-state index contributed by atoms with van der Waals surface area (Å²) in [6.07, 6.45) is 0. The summed E-state index contributed by atoms with van der Waals surface area (Å²) in [6.45, 7) is 1.92. The predicted octanol–water partition coefficient (Wildman–Crippen LogP) is 0.213. The van der Waals surface area contributed by atoms with E-state index in [2.05, 4.69) is 10.2 Å². The largest absolute Gasteiger partial charge is 0.554 e. The second kappa shape index (κ2) is 2.61. The molecule has 0 spiro atoms. The van der Waals surface area contributed by atoms with E-state index in [1.807, 2.05) is 35.8 Å². The maximum absolute atomic E-state index is 5.41. The molecule has 0 aliphatic carbocycles. The lowest BCUT2D eigenvalue weighted by Gasteiger charge is -2.18. The molecule has 0 saturated carbocycles. The maximum atomic E-state index is 5.41. The van der Waals surface area contributed by atoms with Gasteiger partial charge in [0.25, 0.3) is 0 Å². The molecule has 0 N–H and O–H groups in total. The fraction of sp³-hybridized carbons (Fsp3) is 0.111. The van der Waals surface area contributed by atoms with Crippen molar-refractivity contribution in [3.63, 3.8) is 0 Å². The minimum absolute atomic E-state index is 0.737. The molecule has 0 bridgehead atoms. The number of nitrogens with zero attached hydrogens (tertiary/aromatic N) is 3. The summed E-state index contributed by atoms with van der Waals surface area (Å²) in [5, 5.41) is 7.99. The molecule has 3 rings (SSSR count). The normalized spacial score (nSPS) is 12.4. The summed E-state index contributed by atoms with van der Waals surface area (Å²) in [6, 6.07) is 7.82. The third-order valence-electron chi connectivity index (χ3n) is 2.25. The molecule has 0 atom stereocenters. The molecule has 5 heteroatoms. The van der Waals surface area contributed by atoms with Crippen LogP contribution in [0.3, 0.4) is 0 Å². The van der Waals surface area contributed by atoms with E-state index in [4.69, 9.17) is 4.65 Å². The summed E-state index contributed by atoms with van der Waals surface area (Å²) >= 11 is 0. The Balaban J connectivity index is 2.32. The van der Waals surface area contributed by atoms with Gasteiger partial charge in [-0.3, -0.25) is 4.57 Å². The van der Waals surface area contributed by atoms with Gasteiger partial charge in [0.15, 0.2) is 0 Å². The van der Waals surface area contributed by atoms with Crippen molar-refractivity contribution in [1.82, 2.24) is 14.8 Å². The van der Waals surface area contributed by atoms with Gasteiger partial charge in [0.2, 0.25) is 0 Å². The summed E-state index contributed by atoms with van der Waals surface area (Å²) in [5.41, 5.74) is 1.73. The van der Waals surface area contributed by atoms with E-state index in [0.29, 0.717) is 0 Å². The number of fused-ring (bicyclic) bond motifs is 3. The molecular weight excluding hydrogens is 177 g/mol. The molecule has 2 heterocycles. The van der Waals surface area contributed by atoms with Crippen molar-refractivity contribution in [2.45, 2.75) is 6.92 Å². The van der Waals surface area contributed by atoms with E-state index in [-0.39, 0.29) is 0 Å². The summed E-state index contributed by atoms with van der Waals surface area (Å²) < 4.78 is 7.39. The highest BCUT2D eigenvalue weighted by molar-refractivity contribution is 6.46. The Morgan fingerprint density at radius 2 is 2.14 bits per heavy atom. The van der Waals surface area contributed by atoms with E-state index < -0.39 is 0 Å². The van der Waals surface area contributed by atoms with Crippen LogP contribution in [0.25, 0.3) is 5.69 Å². The highest BCUT2D eigenvalue weighted by atomic mass is 16.4. The van der Waals surface area contributed by atoms with Crippen LogP contribution in [0.5, 0.6) is 5.75 Å². The van der Waals surface area contributed by atoms with Gasteiger partial charge in [-0.05, 0) is 19.1 Å². The van der Waals surface area contributed by atoms with Gasteiger partial charge in [0.1, 0.15) is 17.3 Å². The van der Waals surface area contributed by atoms with Gasteiger partial charge >= 0.3 is 7.48 Å². The first-order chi connectivity index (χ1) is 6.86. The zero-order valence-corrected chi connectivity index (χ0v) is 7.64. The van der Waals surface area contributed by atoms with Crippen LogP contribution >= 0.6 is 0 Å². The number of para-hydroxylation sites is 2. The Labute approximate surface area is 81.8 Å². The van der Waals surface area contributed by atoms with Gasteiger partial charge in [0.05, 0.1) is 5.69 Å². The first kappa shape index (κ1) is 7.61. The highest BCUT2D eigenvalue weighted by Gasteiger charge is 2.21. The second-order valence-corrected chi connectivity index (χ2v) is 3.14. The first-order valence-corrected chi connectivity index (χ1v) is 4.37. The van der Waals surface area contributed by atoms with Gasteiger partial charge in [-0.2, -0.15) is 0 Å². The lowest BCUT2D eigenvalue weighted by molar-refractivity contribution is 0.585. The first-order valence-electron chi connectivity index (χ1n) is 4.37. The fourth-order valence-corrected chi connectivity index (χ4v) is 1.61. The number of aromatic nitrogens is 3. The molecule has 1 aromatic carbocycles. The molecule has 2 aromatic rings. The van der Waals surface area contributed by atoms with E-state index in [1.54, 1.807) is 7.48 Å². The van der Waals surface area contributed by atoms with Crippen molar-refractivity contribution >= 4 is 13.2 Å². The van der Waals surface area contributed by atoms with Crippen LogP contribution < -0.4 is 10.4 Å². The summed E-state index contributed by atoms with van der Waals surface area (Å²) in [7, 11) is 1.61. The average molecular weight is 184 g/mol. The molecule has 4 nitrogen and oxygen atoms in total. The molecule has 14 heavy (non-hydrogen) atoms. The molecule has 67 valence electrons. The van der Waals surface area contributed by atoms with E-state index in [9.17, 15) is 0 Å². The molecule has 1 radical (unpaired) electrons. The van der Waals surface area contributed by atoms with Gasteiger partial charge < -0.3 is 4.65 Å². The molecule has 0 unspecified atom stereocenters. The summed E-state index contributed by atoms with van der Waals surface area (Å²) in [4.78, 5) is 0. The van der Waals surface area contributed by atoms with E-state index >= 15 is 0 Å². The van der Waals surface area contributed by atoms with Crippen LogP contribution in [-0.2, 0) is 0 Å². The quantitative estimate of drug-likeness (QED) is 0.549. The monoisotopic (exact) mass is 184 g/mol. The van der Waals surface area contributed by atoms with Crippen LogP contribution in [0, 0.1) is 6.92 Å². The van der Waals surface area contributed by atoms with Crippen molar-refractivity contribution in [3.05, 3.63) is 30.1 Å². The number of benzene rings is 1. The van der Waals surface area contributed by atoms with E-state index in [1.165, 1.54) is 0 Å². The molecule has 0 fully saturated rings. The minimum atomic E-state index is 0.737. The van der Waals surface area contributed by atoms with Crippen molar-refractivity contribution in [2.75, 3.05) is 0 Å². The molecule has 1 aliphatic rings. The van der Waals surface area contributed by atoms with Crippen molar-refractivity contribution in [1.29, 1.82) is 0 Å². The van der Waals surface area contributed by atoms with Gasteiger partial charge in [-0.25, -0.2) is 0 Å². The molecule has 0 amide bonds. The van der Waals surface area contributed by atoms with Crippen molar-refractivity contribution in [3.8, 4) is 11.4 Å². The van der Waals surface area contributed by atoms with Crippen LogP contribution in [0.2, 0.25) is 0 Å². The van der Waals surface area contributed by atoms with E-state index in [0.717, 1.165) is 23.0 Å². The Morgan fingerprint density at radius 1 is 1.29 bits per heavy atom. The molecule has 1 aliphatic heterocycles. The Hall–Kier alpha value is -1.78. The van der Waals surface area contributed by atoms with Gasteiger partial charge in [-0.1, -0.05) is 12.1 Å². The maximum Gasteiger partial charge on any atom is 0.453 e. The Kier molecular flexibility index (Phi) is 1.42. The van der Waals surface area contributed by atoms with Crippen LogP contribution in [0.15, 0.2) is 24.3 Å². The highest BCUT2D eigenvalue weighted by Crippen LogP contribution is 2.24. The fourth-order valence-electron chi connectivity index (χ4n) is 1.61. The molecule has 0 saturated heterocycles. The zero-order chi connectivity index (χ0) is 9.54. The average Bonchev–Trinajstić information content (AvgIpc) is 2.61. The Morgan fingerprint density at radius 3 is 3.07 bits per heavy atom. The van der Waals surface area contributed by atoms with Crippen LogP contribution in [0.1, 0.15) is 5.82 Å². The lowest BCUT2D eigenvalue weighted by Crippen LogP contribution is -2.34.